The lowest BCUT2D eigenvalue weighted by Crippen LogP contribution is -2.27. The number of nitrogens with one attached hydrogen (secondary N) is 2. The molecular weight excluding hydrogens is 382 g/mol. The Bertz CT molecular complexity index is 914. The van der Waals surface area contributed by atoms with Gasteiger partial charge in [-0.25, -0.2) is 4.98 Å². The molecule has 0 aliphatic heterocycles. The van der Waals surface area contributed by atoms with Crippen molar-refractivity contribution in [1.29, 1.82) is 0 Å². The molecule has 3 rings (SSSR count). The van der Waals surface area contributed by atoms with Crippen molar-refractivity contribution in [3.8, 4) is 5.75 Å². The zero-order chi connectivity index (χ0) is 19.1. The summed E-state index contributed by atoms with van der Waals surface area (Å²) < 4.78 is 5.32. The Morgan fingerprint density at radius 1 is 1.22 bits per heavy atom. The molecule has 7 heteroatoms. The van der Waals surface area contributed by atoms with Gasteiger partial charge in [-0.2, -0.15) is 0 Å². The normalized spacial score (nSPS) is 10.4. The van der Waals surface area contributed by atoms with Crippen LogP contribution in [0.2, 0.25) is 5.02 Å². The predicted octanol–water partition coefficient (Wildman–Crippen LogP) is 4.45. The molecule has 2 aromatic carbocycles. The second-order valence-electron chi connectivity index (χ2n) is 5.87. The molecule has 0 unspecified atom stereocenters. The monoisotopic (exact) mass is 401 g/mol. The Balaban J connectivity index is 1.48. The van der Waals surface area contributed by atoms with Gasteiger partial charge in [0.15, 0.2) is 5.13 Å². The molecule has 2 N–H and O–H groups in total. The SMILES string of the molecule is COc1ccccc1CCNC(=O)Cc1csc(Nc2cccc(Cl)c2)n1. The number of anilines is 2. The summed E-state index contributed by atoms with van der Waals surface area (Å²) >= 11 is 7.44. The number of thiazole rings is 1. The van der Waals surface area contributed by atoms with Gasteiger partial charge < -0.3 is 15.4 Å². The van der Waals surface area contributed by atoms with Gasteiger partial charge in [0.25, 0.3) is 0 Å². The van der Waals surface area contributed by atoms with Gasteiger partial charge in [0, 0.05) is 22.6 Å². The quantitative estimate of drug-likeness (QED) is 0.585. The molecule has 27 heavy (non-hydrogen) atoms. The second kappa shape index (κ2) is 9.39. The van der Waals surface area contributed by atoms with Crippen LogP contribution in [0.15, 0.2) is 53.9 Å². The van der Waals surface area contributed by atoms with Crippen LogP contribution in [0.1, 0.15) is 11.3 Å². The molecule has 0 radical (unpaired) electrons. The lowest BCUT2D eigenvalue weighted by molar-refractivity contribution is -0.120. The van der Waals surface area contributed by atoms with Crippen LogP contribution in [0.5, 0.6) is 5.75 Å². The highest BCUT2D eigenvalue weighted by Crippen LogP contribution is 2.23. The first-order chi connectivity index (χ1) is 13.1. The van der Waals surface area contributed by atoms with Gasteiger partial charge in [-0.1, -0.05) is 35.9 Å². The van der Waals surface area contributed by atoms with Crippen molar-refractivity contribution >= 4 is 39.7 Å². The van der Waals surface area contributed by atoms with E-state index in [1.54, 1.807) is 7.11 Å². The average Bonchev–Trinajstić information content (AvgIpc) is 3.08. The number of benzene rings is 2. The highest BCUT2D eigenvalue weighted by molar-refractivity contribution is 7.13. The van der Waals surface area contributed by atoms with Gasteiger partial charge in [-0.05, 0) is 36.2 Å². The van der Waals surface area contributed by atoms with Crippen molar-refractivity contribution in [2.24, 2.45) is 0 Å². The van der Waals surface area contributed by atoms with E-state index >= 15 is 0 Å². The van der Waals surface area contributed by atoms with Gasteiger partial charge in [-0.15, -0.1) is 11.3 Å². The van der Waals surface area contributed by atoms with Crippen molar-refractivity contribution in [3.05, 3.63) is 70.2 Å². The molecule has 0 fully saturated rings. The summed E-state index contributed by atoms with van der Waals surface area (Å²) in [5.74, 6) is 0.785. The summed E-state index contributed by atoms with van der Waals surface area (Å²) in [6, 6.07) is 15.2. The maximum absolute atomic E-state index is 12.2. The molecular formula is C20H20ClN3O2S. The molecule has 0 atom stereocenters. The number of para-hydroxylation sites is 1. The molecule has 0 aliphatic carbocycles. The molecule has 0 saturated carbocycles. The number of hydrogen-bond acceptors (Lipinski definition) is 5. The first-order valence-electron chi connectivity index (χ1n) is 8.49. The topological polar surface area (TPSA) is 63.2 Å². The van der Waals surface area contributed by atoms with Gasteiger partial charge >= 0.3 is 0 Å². The molecule has 1 heterocycles. The highest BCUT2D eigenvalue weighted by Gasteiger charge is 2.09. The number of carbonyl (C=O) groups excluding carboxylic acids is 1. The van der Waals surface area contributed by atoms with E-state index in [0.717, 1.165) is 27.8 Å². The number of ether oxygens (including phenoxy) is 1. The number of carbonyl (C=O) groups is 1. The van der Waals surface area contributed by atoms with Crippen LogP contribution in [0, 0.1) is 0 Å². The summed E-state index contributed by atoms with van der Waals surface area (Å²) in [7, 11) is 1.65. The minimum atomic E-state index is -0.0514. The van der Waals surface area contributed by atoms with Gasteiger partial charge in [0.2, 0.25) is 5.91 Å². The standard InChI is InChI=1S/C20H20ClN3O2S/c1-26-18-8-3-2-5-14(18)9-10-22-19(25)12-17-13-27-20(24-17)23-16-7-4-6-15(21)11-16/h2-8,11,13H,9-10,12H2,1H3,(H,22,25)(H,23,24). The molecule has 5 nitrogen and oxygen atoms in total. The fourth-order valence-electron chi connectivity index (χ4n) is 2.61. The van der Waals surface area contributed by atoms with E-state index in [1.807, 2.05) is 53.9 Å². The lowest BCUT2D eigenvalue weighted by Gasteiger charge is -2.08. The highest BCUT2D eigenvalue weighted by atomic mass is 35.5. The van der Waals surface area contributed by atoms with Crippen molar-refractivity contribution in [1.82, 2.24) is 10.3 Å². The molecule has 0 saturated heterocycles. The van der Waals surface area contributed by atoms with Crippen LogP contribution < -0.4 is 15.4 Å². The molecule has 1 amide bonds. The van der Waals surface area contributed by atoms with Gasteiger partial charge in [0.1, 0.15) is 5.75 Å². The van der Waals surface area contributed by atoms with E-state index in [-0.39, 0.29) is 12.3 Å². The first kappa shape index (κ1) is 19.2. The Hall–Kier alpha value is -2.57. The fraction of sp³-hybridized carbons (Fsp3) is 0.200. The number of amides is 1. The van der Waals surface area contributed by atoms with Crippen LogP contribution in [0.25, 0.3) is 0 Å². The summed E-state index contributed by atoms with van der Waals surface area (Å²) in [6.45, 7) is 0.553. The number of methoxy groups -OCH3 is 1. The minimum absolute atomic E-state index is 0.0514. The molecule has 0 aliphatic rings. The third-order valence-corrected chi connectivity index (χ3v) is 4.92. The van der Waals surface area contributed by atoms with Crippen molar-refractivity contribution < 1.29 is 9.53 Å². The van der Waals surface area contributed by atoms with Crippen LogP contribution in [0.3, 0.4) is 0 Å². The summed E-state index contributed by atoms with van der Waals surface area (Å²) in [4.78, 5) is 16.6. The van der Waals surface area contributed by atoms with Crippen molar-refractivity contribution in [2.75, 3.05) is 19.0 Å². The van der Waals surface area contributed by atoms with Crippen LogP contribution >= 0.6 is 22.9 Å². The number of hydrogen-bond donors (Lipinski definition) is 2. The predicted molar refractivity (Wildman–Crippen MR) is 110 cm³/mol. The third-order valence-electron chi connectivity index (χ3n) is 3.88. The van der Waals surface area contributed by atoms with Crippen LogP contribution in [0.4, 0.5) is 10.8 Å². The summed E-state index contributed by atoms with van der Waals surface area (Å²) in [6.07, 6.45) is 0.966. The number of rotatable bonds is 8. The van der Waals surface area contributed by atoms with Crippen molar-refractivity contribution in [2.45, 2.75) is 12.8 Å². The second-order valence-corrected chi connectivity index (χ2v) is 7.16. The fourth-order valence-corrected chi connectivity index (χ4v) is 3.53. The smallest absolute Gasteiger partial charge is 0.226 e. The molecule has 1 aromatic heterocycles. The van der Waals surface area contributed by atoms with Gasteiger partial charge in [0.05, 0.1) is 19.2 Å². The third kappa shape index (κ3) is 5.70. The van der Waals surface area contributed by atoms with E-state index in [9.17, 15) is 4.79 Å². The Morgan fingerprint density at radius 2 is 2.07 bits per heavy atom. The van der Waals surface area contributed by atoms with E-state index in [4.69, 9.17) is 16.3 Å². The minimum Gasteiger partial charge on any atom is -0.496 e. The van der Waals surface area contributed by atoms with E-state index in [1.165, 1.54) is 11.3 Å². The summed E-state index contributed by atoms with van der Waals surface area (Å²) in [5.41, 5.74) is 2.67. The number of halogens is 1. The van der Waals surface area contributed by atoms with Gasteiger partial charge in [-0.3, -0.25) is 4.79 Å². The maximum Gasteiger partial charge on any atom is 0.226 e. The largest absolute Gasteiger partial charge is 0.496 e. The van der Waals surface area contributed by atoms with E-state index < -0.39 is 0 Å². The van der Waals surface area contributed by atoms with Crippen LogP contribution in [-0.2, 0) is 17.6 Å². The van der Waals surface area contributed by atoms with E-state index in [0.29, 0.717) is 18.0 Å². The van der Waals surface area contributed by atoms with Crippen LogP contribution in [-0.4, -0.2) is 24.5 Å². The molecule has 0 bridgehead atoms. The Kier molecular flexibility index (Phi) is 6.68. The zero-order valence-corrected chi connectivity index (χ0v) is 16.4. The Morgan fingerprint density at radius 3 is 2.89 bits per heavy atom. The van der Waals surface area contributed by atoms with Crippen molar-refractivity contribution in [3.63, 3.8) is 0 Å². The average molecular weight is 402 g/mol. The lowest BCUT2D eigenvalue weighted by atomic mass is 10.1. The number of nitrogens with zero attached hydrogens (tertiary/aromatic N) is 1. The first-order valence-corrected chi connectivity index (χ1v) is 9.75. The zero-order valence-electron chi connectivity index (χ0n) is 14.9. The molecule has 0 spiro atoms. The molecule has 140 valence electrons. The van der Waals surface area contributed by atoms with E-state index in [2.05, 4.69) is 15.6 Å². The summed E-state index contributed by atoms with van der Waals surface area (Å²) in [5, 5.41) is 9.39. The maximum atomic E-state index is 12.2. The molecule has 3 aromatic rings. The number of aromatic nitrogens is 1. The Labute approximate surface area is 167 Å².